The summed E-state index contributed by atoms with van der Waals surface area (Å²) in [6.07, 6.45) is 3.99. The van der Waals surface area contributed by atoms with E-state index in [1.807, 2.05) is 0 Å². The van der Waals surface area contributed by atoms with Crippen LogP contribution in [0.15, 0.2) is 24.3 Å². The number of aromatic nitrogens is 1. The van der Waals surface area contributed by atoms with E-state index in [2.05, 4.69) is 20.5 Å². The lowest BCUT2D eigenvalue weighted by Gasteiger charge is -2.36. The van der Waals surface area contributed by atoms with Crippen LogP contribution in [0.2, 0.25) is 0 Å². The molecule has 0 bridgehead atoms. The van der Waals surface area contributed by atoms with Gasteiger partial charge in [-0.15, -0.1) is 0 Å². The van der Waals surface area contributed by atoms with Crippen molar-refractivity contribution in [1.29, 1.82) is 5.41 Å². The Morgan fingerprint density at radius 3 is 2.57 bits per heavy atom. The van der Waals surface area contributed by atoms with Crippen molar-refractivity contribution < 1.29 is 13.9 Å². The lowest BCUT2D eigenvalue weighted by molar-refractivity contribution is 0.0738. The zero-order valence-electron chi connectivity index (χ0n) is 17.2. The number of hydrogen-bond donors (Lipinski definition) is 3. The van der Waals surface area contributed by atoms with Gasteiger partial charge in [0.15, 0.2) is 0 Å². The Balaban J connectivity index is 1.54. The molecule has 7 nitrogen and oxygen atoms in total. The quantitative estimate of drug-likeness (QED) is 0.530. The molecule has 2 saturated heterocycles. The molecular formula is C22H28FN5O2. The van der Waals surface area contributed by atoms with Gasteiger partial charge in [-0.25, -0.2) is 9.37 Å². The highest BCUT2D eigenvalue weighted by molar-refractivity contribution is 6.09. The van der Waals surface area contributed by atoms with Crippen LogP contribution >= 0.6 is 0 Å². The fourth-order valence-corrected chi connectivity index (χ4v) is 4.23. The minimum atomic E-state index is -0.362. The molecule has 8 heteroatoms. The maximum Gasteiger partial charge on any atom is 0.260 e. The fraction of sp³-hybridized carbons (Fsp3) is 0.500. The molecule has 0 aliphatic carbocycles. The average Bonchev–Trinajstić information content (AvgIpc) is 2.73. The lowest BCUT2D eigenvalue weighted by Crippen LogP contribution is -2.48. The summed E-state index contributed by atoms with van der Waals surface area (Å²) in [4.78, 5) is 19.5. The predicted molar refractivity (Wildman–Crippen MR) is 115 cm³/mol. The van der Waals surface area contributed by atoms with Crippen molar-refractivity contribution in [2.45, 2.75) is 44.7 Å². The number of hydrogen-bond acceptors (Lipinski definition) is 6. The van der Waals surface area contributed by atoms with Crippen molar-refractivity contribution in [3.05, 3.63) is 35.6 Å². The molecule has 2 aliphatic heterocycles. The van der Waals surface area contributed by atoms with Crippen molar-refractivity contribution in [2.24, 2.45) is 0 Å². The molecule has 0 radical (unpaired) electrons. The van der Waals surface area contributed by atoms with E-state index in [1.165, 1.54) is 19.1 Å². The first-order valence-corrected chi connectivity index (χ1v) is 10.5. The maximum absolute atomic E-state index is 13.7. The number of amides is 1. The molecule has 3 heterocycles. The van der Waals surface area contributed by atoms with Gasteiger partial charge < -0.3 is 20.3 Å². The number of carbonyl (C=O) groups excluding carboxylic acids is 1. The highest BCUT2D eigenvalue weighted by Gasteiger charge is 2.26. The molecule has 4 rings (SSSR count). The number of nitrogens with zero attached hydrogens (tertiary/aromatic N) is 2. The first kappa shape index (κ1) is 20.7. The van der Waals surface area contributed by atoms with E-state index in [9.17, 15) is 9.18 Å². The molecule has 1 amide bonds. The topological polar surface area (TPSA) is 90.3 Å². The number of carbonyl (C=O) groups is 1. The molecule has 2 fully saturated rings. The number of benzene rings is 1. The van der Waals surface area contributed by atoms with Crippen LogP contribution in [0.1, 0.15) is 43.0 Å². The van der Waals surface area contributed by atoms with Gasteiger partial charge in [0, 0.05) is 49.8 Å². The molecule has 1 aromatic heterocycles. The van der Waals surface area contributed by atoms with Gasteiger partial charge in [0.2, 0.25) is 0 Å². The van der Waals surface area contributed by atoms with Crippen LogP contribution in [0.5, 0.6) is 0 Å². The number of halogens is 1. The lowest BCUT2D eigenvalue weighted by atomic mass is 10.0. The molecule has 2 aromatic rings. The first-order chi connectivity index (χ1) is 14.5. The number of nitrogens with one attached hydrogen (secondary N) is 3. The Hall–Kier alpha value is -2.58. The standard InChI is InChI=1S/C22H28FN5O2/c1-14(24)25-22(29)19-12-15-2-3-16(23)13-20(15)27-21(19)28-8-4-17(5-9-28)26-18-6-10-30-11-7-18/h2-3,12-13,17-18,26H,4-11H2,1H3,(H2,24,25,29). The summed E-state index contributed by atoms with van der Waals surface area (Å²) < 4.78 is 19.2. The van der Waals surface area contributed by atoms with E-state index < -0.39 is 0 Å². The van der Waals surface area contributed by atoms with Crippen LogP contribution in [0.4, 0.5) is 10.2 Å². The molecule has 0 atom stereocenters. The SMILES string of the molecule is CC(=N)NC(=O)c1cc2ccc(F)cc2nc1N1CCC(NC2CCOCC2)CC1. The highest BCUT2D eigenvalue weighted by atomic mass is 19.1. The van der Waals surface area contributed by atoms with Crippen LogP contribution in [0.25, 0.3) is 10.9 Å². The number of ether oxygens (including phenoxy) is 1. The molecule has 30 heavy (non-hydrogen) atoms. The molecule has 2 aliphatic rings. The second-order valence-electron chi connectivity index (χ2n) is 8.09. The van der Waals surface area contributed by atoms with Crippen molar-refractivity contribution in [2.75, 3.05) is 31.2 Å². The Morgan fingerprint density at radius 2 is 1.87 bits per heavy atom. The summed E-state index contributed by atoms with van der Waals surface area (Å²) in [6.45, 7) is 4.68. The average molecular weight is 413 g/mol. The van der Waals surface area contributed by atoms with Gasteiger partial charge in [-0.3, -0.25) is 10.2 Å². The van der Waals surface area contributed by atoms with Gasteiger partial charge in [0.05, 0.1) is 16.9 Å². The normalized spacial score (nSPS) is 18.5. The van der Waals surface area contributed by atoms with Crippen molar-refractivity contribution in [3.8, 4) is 0 Å². The van der Waals surface area contributed by atoms with E-state index in [0.29, 0.717) is 34.4 Å². The van der Waals surface area contributed by atoms with E-state index in [-0.39, 0.29) is 17.6 Å². The zero-order valence-corrected chi connectivity index (χ0v) is 17.2. The summed E-state index contributed by atoms with van der Waals surface area (Å²) in [5, 5.41) is 14.6. The summed E-state index contributed by atoms with van der Waals surface area (Å²) >= 11 is 0. The maximum atomic E-state index is 13.7. The summed E-state index contributed by atoms with van der Waals surface area (Å²) in [6, 6.07) is 7.06. The van der Waals surface area contributed by atoms with E-state index in [0.717, 1.165) is 52.0 Å². The monoisotopic (exact) mass is 413 g/mol. The van der Waals surface area contributed by atoms with Crippen molar-refractivity contribution in [3.63, 3.8) is 0 Å². The third kappa shape index (κ3) is 4.76. The van der Waals surface area contributed by atoms with Gasteiger partial charge >= 0.3 is 0 Å². The Labute approximate surface area is 175 Å². The highest BCUT2D eigenvalue weighted by Crippen LogP contribution is 2.27. The van der Waals surface area contributed by atoms with Crippen molar-refractivity contribution in [1.82, 2.24) is 15.6 Å². The molecular weight excluding hydrogens is 385 g/mol. The van der Waals surface area contributed by atoms with Gasteiger partial charge in [-0.2, -0.15) is 0 Å². The first-order valence-electron chi connectivity index (χ1n) is 10.5. The van der Waals surface area contributed by atoms with E-state index >= 15 is 0 Å². The summed E-state index contributed by atoms with van der Waals surface area (Å²) in [7, 11) is 0. The largest absolute Gasteiger partial charge is 0.381 e. The van der Waals surface area contributed by atoms with Crippen LogP contribution < -0.4 is 15.5 Å². The molecule has 0 saturated carbocycles. The molecule has 1 aromatic carbocycles. The number of pyridine rings is 1. The molecule has 160 valence electrons. The number of anilines is 1. The predicted octanol–water partition coefficient (Wildman–Crippen LogP) is 2.84. The minimum Gasteiger partial charge on any atom is -0.381 e. The van der Waals surface area contributed by atoms with Crippen LogP contribution in [0, 0.1) is 11.2 Å². The molecule has 0 unspecified atom stereocenters. The van der Waals surface area contributed by atoms with Crippen LogP contribution in [0.3, 0.4) is 0 Å². The summed E-state index contributed by atoms with van der Waals surface area (Å²) in [5.41, 5.74) is 0.937. The van der Waals surface area contributed by atoms with Gasteiger partial charge in [-0.1, -0.05) is 0 Å². The van der Waals surface area contributed by atoms with Crippen LogP contribution in [-0.2, 0) is 4.74 Å². The Bertz CT molecular complexity index is 937. The number of fused-ring (bicyclic) bond motifs is 1. The van der Waals surface area contributed by atoms with Crippen LogP contribution in [-0.4, -0.2) is 55.1 Å². The third-order valence-corrected chi connectivity index (χ3v) is 5.79. The fourth-order valence-electron chi connectivity index (χ4n) is 4.23. The zero-order chi connectivity index (χ0) is 21.1. The number of piperidine rings is 1. The number of rotatable bonds is 4. The smallest absolute Gasteiger partial charge is 0.260 e. The number of amidine groups is 1. The second-order valence-corrected chi connectivity index (χ2v) is 8.09. The van der Waals surface area contributed by atoms with Crippen molar-refractivity contribution >= 4 is 28.5 Å². The Kier molecular flexibility index (Phi) is 6.24. The van der Waals surface area contributed by atoms with Gasteiger partial charge in [0.25, 0.3) is 5.91 Å². The third-order valence-electron chi connectivity index (χ3n) is 5.79. The molecule has 3 N–H and O–H groups in total. The molecule has 0 spiro atoms. The summed E-state index contributed by atoms with van der Waals surface area (Å²) in [5.74, 6) is -0.0903. The van der Waals surface area contributed by atoms with Gasteiger partial charge in [-0.05, 0) is 50.8 Å². The Morgan fingerprint density at radius 1 is 1.17 bits per heavy atom. The second kappa shape index (κ2) is 9.06. The van der Waals surface area contributed by atoms with Gasteiger partial charge in [0.1, 0.15) is 11.6 Å². The van der Waals surface area contributed by atoms with E-state index in [4.69, 9.17) is 10.1 Å². The minimum absolute atomic E-state index is 0.0736. The van der Waals surface area contributed by atoms with E-state index in [1.54, 1.807) is 12.1 Å².